The summed E-state index contributed by atoms with van der Waals surface area (Å²) in [5, 5.41) is 54.2. The maximum atomic E-state index is 13.0. The van der Waals surface area contributed by atoms with E-state index in [2.05, 4.69) is 43.5 Å². The van der Waals surface area contributed by atoms with Gasteiger partial charge in [0.25, 0.3) is 0 Å². The Balaban J connectivity index is 2.33. The second-order valence-corrected chi connectivity index (χ2v) is 17.2. The Bertz CT molecular complexity index is 1020. The first-order chi connectivity index (χ1) is 28.8. The van der Waals surface area contributed by atoms with E-state index < -0.39 is 49.5 Å². The molecule has 1 heterocycles. The summed E-state index contributed by atoms with van der Waals surface area (Å²) in [5.41, 5.74) is 0. The van der Waals surface area contributed by atoms with Gasteiger partial charge in [-0.15, -0.1) is 0 Å². The molecule has 1 rings (SSSR count). The number of allylic oxidation sites excluding steroid dienone is 5. The van der Waals surface area contributed by atoms with E-state index in [9.17, 15) is 30.3 Å². The van der Waals surface area contributed by atoms with Crippen LogP contribution >= 0.6 is 0 Å². The topological polar surface area (TPSA) is 149 Å². The smallest absolute Gasteiger partial charge is 0.220 e. The van der Waals surface area contributed by atoms with Crippen LogP contribution in [0.2, 0.25) is 0 Å². The molecule has 0 spiro atoms. The quantitative estimate of drug-likeness (QED) is 0.0263. The lowest BCUT2D eigenvalue weighted by Crippen LogP contribution is -2.60. The van der Waals surface area contributed by atoms with Crippen molar-refractivity contribution in [2.45, 2.75) is 262 Å². The number of carbonyl (C=O) groups is 1. The van der Waals surface area contributed by atoms with E-state index in [1.54, 1.807) is 6.08 Å². The number of nitrogens with one attached hydrogen (secondary N) is 1. The molecule has 1 saturated heterocycles. The van der Waals surface area contributed by atoms with Crippen LogP contribution in [0.5, 0.6) is 0 Å². The van der Waals surface area contributed by atoms with Gasteiger partial charge in [-0.3, -0.25) is 4.79 Å². The van der Waals surface area contributed by atoms with Gasteiger partial charge in [0, 0.05) is 6.42 Å². The van der Waals surface area contributed by atoms with Crippen molar-refractivity contribution in [3.05, 3.63) is 36.5 Å². The van der Waals surface area contributed by atoms with Gasteiger partial charge in [0.15, 0.2) is 6.29 Å². The third-order valence-electron chi connectivity index (χ3n) is 11.7. The van der Waals surface area contributed by atoms with Gasteiger partial charge in [-0.2, -0.15) is 0 Å². The summed E-state index contributed by atoms with van der Waals surface area (Å²) in [5.74, 6) is -0.189. The van der Waals surface area contributed by atoms with Gasteiger partial charge in [0.1, 0.15) is 24.4 Å². The van der Waals surface area contributed by atoms with Gasteiger partial charge in [0.2, 0.25) is 5.91 Å². The summed E-state index contributed by atoms with van der Waals surface area (Å²) in [4.78, 5) is 13.0. The summed E-state index contributed by atoms with van der Waals surface area (Å²) >= 11 is 0. The van der Waals surface area contributed by atoms with Crippen molar-refractivity contribution in [3.63, 3.8) is 0 Å². The Morgan fingerprint density at radius 2 is 0.966 bits per heavy atom. The number of rotatable bonds is 41. The summed E-state index contributed by atoms with van der Waals surface area (Å²) in [6.45, 7) is 3.75. The molecule has 1 aliphatic rings. The molecule has 1 aliphatic heterocycles. The molecule has 9 nitrogen and oxygen atoms in total. The van der Waals surface area contributed by atoms with Crippen molar-refractivity contribution in [3.8, 4) is 0 Å². The lowest BCUT2D eigenvalue weighted by molar-refractivity contribution is -0.302. The van der Waals surface area contributed by atoms with E-state index >= 15 is 0 Å². The normalized spacial score (nSPS) is 21.0. The van der Waals surface area contributed by atoms with Crippen molar-refractivity contribution in [1.29, 1.82) is 0 Å². The monoisotopic (exact) mass is 836 g/mol. The van der Waals surface area contributed by atoms with Gasteiger partial charge in [0.05, 0.1) is 25.4 Å². The Morgan fingerprint density at radius 3 is 1.42 bits per heavy atom. The number of carbonyl (C=O) groups excluding carboxylic acids is 1. The summed E-state index contributed by atoms with van der Waals surface area (Å²) in [6.07, 6.45) is 43.3. The minimum Gasteiger partial charge on any atom is -0.394 e. The van der Waals surface area contributed by atoms with Gasteiger partial charge < -0.3 is 40.3 Å². The number of hydrogen-bond acceptors (Lipinski definition) is 8. The van der Waals surface area contributed by atoms with Crippen LogP contribution in [0.4, 0.5) is 0 Å². The fraction of sp³-hybridized carbons (Fsp3) is 0.860. The molecule has 0 radical (unpaired) electrons. The number of amides is 1. The number of hydrogen-bond donors (Lipinski definition) is 6. The molecule has 0 bridgehead atoms. The SMILES string of the molecule is CCCCCCCC/C=C/CC/C=C/CC/C=C/C(O)C(COC1OC(CO)C(O)C(O)C1O)NC(=O)CCCCCCCCCCCCCCCCCCCCCC. The predicted octanol–water partition coefficient (Wildman–Crippen LogP) is 10.8. The highest BCUT2D eigenvalue weighted by molar-refractivity contribution is 5.76. The van der Waals surface area contributed by atoms with Crippen LogP contribution in [-0.4, -0.2) is 87.5 Å². The average Bonchev–Trinajstić information content (AvgIpc) is 3.23. The highest BCUT2D eigenvalue weighted by Crippen LogP contribution is 2.23. The first kappa shape index (κ1) is 55.4. The Morgan fingerprint density at radius 1 is 0.559 bits per heavy atom. The highest BCUT2D eigenvalue weighted by Gasteiger charge is 2.44. The van der Waals surface area contributed by atoms with E-state index in [-0.39, 0.29) is 12.5 Å². The zero-order valence-electron chi connectivity index (χ0n) is 38.0. The average molecular weight is 836 g/mol. The van der Waals surface area contributed by atoms with E-state index in [0.717, 1.165) is 51.4 Å². The zero-order chi connectivity index (χ0) is 43.0. The standard InChI is InChI=1S/C50H93NO8/c1-3-5-7-9-11-13-15-17-19-21-22-23-24-26-28-30-32-34-36-38-40-46(54)51-43(42-58-50-49(57)48(56)47(55)45(41-52)59-50)44(53)39-37-35-33-31-29-27-25-20-18-16-14-12-10-8-6-4-2/h18,20,29,31,37,39,43-45,47-50,52-53,55-57H,3-17,19,21-28,30,32-36,38,40-42H2,1-2H3,(H,51,54)/b20-18+,31-29+,39-37+. The fourth-order valence-electron chi connectivity index (χ4n) is 7.72. The predicted molar refractivity (Wildman–Crippen MR) is 244 cm³/mol. The lowest BCUT2D eigenvalue weighted by atomic mass is 9.99. The fourth-order valence-corrected chi connectivity index (χ4v) is 7.72. The van der Waals surface area contributed by atoms with Crippen molar-refractivity contribution in [2.24, 2.45) is 0 Å². The molecule has 7 atom stereocenters. The first-order valence-electron chi connectivity index (χ1n) is 24.7. The molecule has 9 heteroatoms. The molecule has 6 N–H and O–H groups in total. The second-order valence-electron chi connectivity index (χ2n) is 17.2. The number of ether oxygens (including phenoxy) is 2. The molecule has 0 saturated carbocycles. The maximum Gasteiger partial charge on any atom is 0.220 e. The zero-order valence-corrected chi connectivity index (χ0v) is 38.0. The molecule has 7 unspecified atom stereocenters. The summed E-state index contributed by atoms with van der Waals surface area (Å²) in [7, 11) is 0. The van der Waals surface area contributed by atoms with Crippen LogP contribution < -0.4 is 5.32 Å². The highest BCUT2D eigenvalue weighted by atomic mass is 16.7. The van der Waals surface area contributed by atoms with E-state index in [0.29, 0.717) is 6.42 Å². The third-order valence-corrected chi connectivity index (χ3v) is 11.7. The van der Waals surface area contributed by atoms with Crippen LogP contribution in [0.15, 0.2) is 36.5 Å². The Hall–Kier alpha value is -1.59. The maximum absolute atomic E-state index is 13.0. The minimum absolute atomic E-state index is 0.189. The van der Waals surface area contributed by atoms with Crippen LogP contribution in [0.1, 0.15) is 219 Å². The second kappa shape index (κ2) is 40.5. The van der Waals surface area contributed by atoms with Gasteiger partial charge in [-0.25, -0.2) is 0 Å². The molecule has 1 amide bonds. The van der Waals surface area contributed by atoms with Crippen LogP contribution in [0.3, 0.4) is 0 Å². The van der Waals surface area contributed by atoms with E-state index in [1.165, 1.54) is 148 Å². The van der Waals surface area contributed by atoms with E-state index in [4.69, 9.17) is 9.47 Å². The first-order valence-corrected chi connectivity index (χ1v) is 24.7. The van der Waals surface area contributed by atoms with Crippen LogP contribution in [0.25, 0.3) is 0 Å². The molecule has 0 aromatic heterocycles. The lowest BCUT2D eigenvalue weighted by Gasteiger charge is -2.40. The summed E-state index contributed by atoms with van der Waals surface area (Å²) in [6, 6.07) is -0.824. The van der Waals surface area contributed by atoms with Crippen molar-refractivity contribution in [1.82, 2.24) is 5.32 Å². The van der Waals surface area contributed by atoms with Crippen LogP contribution in [0, 0.1) is 0 Å². The number of aliphatic hydroxyl groups is 5. The molecule has 1 fully saturated rings. The largest absolute Gasteiger partial charge is 0.394 e. The van der Waals surface area contributed by atoms with Crippen molar-refractivity contribution < 1.29 is 39.8 Å². The Kier molecular flexibility index (Phi) is 38.0. The third kappa shape index (κ3) is 31.0. The molecule has 59 heavy (non-hydrogen) atoms. The molecular formula is C50H93NO8. The molecule has 0 aliphatic carbocycles. The molecular weight excluding hydrogens is 743 g/mol. The summed E-state index contributed by atoms with van der Waals surface area (Å²) < 4.78 is 11.2. The number of unbranched alkanes of at least 4 members (excludes halogenated alkanes) is 27. The van der Waals surface area contributed by atoms with Gasteiger partial charge in [-0.05, 0) is 44.9 Å². The minimum atomic E-state index is -1.57. The Labute approximate surface area is 361 Å². The van der Waals surface area contributed by atoms with Crippen molar-refractivity contribution in [2.75, 3.05) is 13.2 Å². The molecule has 346 valence electrons. The molecule has 0 aromatic rings. The van der Waals surface area contributed by atoms with E-state index in [1.807, 2.05) is 6.08 Å². The van der Waals surface area contributed by atoms with Crippen molar-refractivity contribution >= 4 is 5.91 Å². The van der Waals surface area contributed by atoms with Gasteiger partial charge in [-0.1, -0.05) is 204 Å². The van der Waals surface area contributed by atoms with Crippen LogP contribution in [-0.2, 0) is 14.3 Å². The number of aliphatic hydroxyl groups excluding tert-OH is 5. The molecule has 0 aromatic carbocycles. The van der Waals surface area contributed by atoms with Gasteiger partial charge >= 0.3 is 0 Å².